The van der Waals surface area contributed by atoms with Crippen LogP contribution in [0, 0.1) is 12.8 Å². The summed E-state index contributed by atoms with van der Waals surface area (Å²) in [6.07, 6.45) is -0.309. The average molecular weight is 393 g/mol. The molecule has 1 aliphatic rings. The number of nitrogens with zero attached hydrogens (tertiary/aromatic N) is 1. The molecule has 1 aromatic rings. The van der Waals surface area contributed by atoms with Gasteiger partial charge >= 0.3 is 6.18 Å². The van der Waals surface area contributed by atoms with Gasteiger partial charge in [0.1, 0.15) is 5.82 Å². The minimum Gasteiger partial charge on any atom is -0.370 e. The van der Waals surface area contributed by atoms with Crippen LogP contribution in [-0.2, 0) is 16.2 Å². The van der Waals surface area contributed by atoms with Gasteiger partial charge in [-0.3, -0.25) is 0 Å². The zero-order valence-electron chi connectivity index (χ0n) is 15.2. The van der Waals surface area contributed by atoms with E-state index in [9.17, 15) is 21.6 Å². The largest absolute Gasteiger partial charge is 0.417 e. The first kappa shape index (κ1) is 21.0. The number of pyridine rings is 1. The van der Waals surface area contributed by atoms with Crippen LogP contribution in [0.15, 0.2) is 12.3 Å². The van der Waals surface area contributed by atoms with E-state index in [1.165, 1.54) is 0 Å². The Morgan fingerprint density at radius 3 is 2.35 bits per heavy atom. The summed E-state index contributed by atoms with van der Waals surface area (Å²) < 4.78 is 64.6. The van der Waals surface area contributed by atoms with E-state index in [0.717, 1.165) is 37.9 Å². The summed E-state index contributed by atoms with van der Waals surface area (Å²) in [5, 5.41) is 2.68. The maximum atomic E-state index is 12.7. The third-order valence-corrected chi connectivity index (χ3v) is 6.67. The molecule has 9 heteroatoms. The normalized spacial score (nSPS) is 21.8. The molecule has 0 radical (unpaired) electrons. The van der Waals surface area contributed by atoms with Gasteiger partial charge in [-0.25, -0.2) is 18.1 Å². The Labute approximate surface area is 152 Å². The zero-order valence-corrected chi connectivity index (χ0v) is 16.0. The molecule has 26 heavy (non-hydrogen) atoms. The number of hydrogen-bond acceptors (Lipinski definition) is 4. The van der Waals surface area contributed by atoms with Gasteiger partial charge in [-0.2, -0.15) is 13.2 Å². The predicted molar refractivity (Wildman–Crippen MR) is 95.4 cm³/mol. The second-order valence-corrected chi connectivity index (χ2v) is 9.47. The van der Waals surface area contributed by atoms with Crippen LogP contribution in [0.2, 0.25) is 0 Å². The smallest absolute Gasteiger partial charge is 0.370 e. The van der Waals surface area contributed by atoms with E-state index in [2.05, 4.69) is 15.0 Å². The first-order valence-electron chi connectivity index (χ1n) is 8.78. The van der Waals surface area contributed by atoms with Crippen LogP contribution in [0.4, 0.5) is 19.0 Å². The second kappa shape index (κ2) is 8.12. The monoisotopic (exact) mass is 393 g/mol. The molecule has 0 unspecified atom stereocenters. The van der Waals surface area contributed by atoms with Crippen molar-refractivity contribution in [2.45, 2.75) is 63.9 Å². The molecule has 0 bridgehead atoms. The molecule has 1 fully saturated rings. The van der Waals surface area contributed by atoms with Crippen molar-refractivity contribution < 1.29 is 21.6 Å². The van der Waals surface area contributed by atoms with E-state index in [1.54, 1.807) is 20.8 Å². The summed E-state index contributed by atoms with van der Waals surface area (Å²) in [6.45, 7) is 5.51. The van der Waals surface area contributed by atoms with Crippen LogP contribution < -0.4 is 10.0 Å². The fraction of sp³-hybridized carbons (Fsp3) is 0.706. The summed E-state index contributed by atoms with van der Waals surface area (Å²) in [6, 6.07) is 1.05. The van der Waals surface area contributed by atoms with E-state index in [1.807, 2.05) is 0 Å². The van der Waals surface area contributed by atoms with Crippen LogP contribution in [0.25, 0.3) is 0 Å². The van der Waals surface area contributed by atoms with Gasteiger partial charge in [0.15, 0.2) is 0 Å². The maximum Gasteiger partial charge on any atom is 0.417 e. The van der Waals surface area contributed by atoms with Gasteiger partial charge in [-0.05, 0) is 64.0 Å². The SMILES string of the molecule is Cc1cc(C(F)(F)F)cnc1NC[C@H]1CC[C@H](NS(=O)(=O)C(C)C)CC1. The lowest BCUT2D eigenvalue weighted by atomic mass is 9.86. The van der Waals surface area contributed by atoms with Crippen molar-refractivity contribution in [3.63, 3.8) is 0 Å². The molecule has 1 saturated carbocycles. The Morgan fingerprint density at radius 1 is 1.23 bits per heavy atom. The minimum atomic E-state index is -4.39. The van der Waals surface area contributed by atoms with Gasteiger partial charge in [0, 0.05) is 18.8 Å². The summed E-state index contributed by atoms with van der Waals surface area (Å²) in [4.78, 5) is 3.89. The number of halogens is 3. The van der Waals surface area contributed by atoms with Crippen LogP contribution in [0.5, 0.6) is 0 Å². The lowest BCUT2D eigenvalue weighted by molar-refractivity contribution is -0.137. The second-order valence-electron chi connectivity index (χ2n) is 7.20. The lowest BCUT2D eigenvalue weighted by Crippen LogP contribution is -2.41. The Morgan fingerprint density at radius 2 is 1.85 bits per heavy atom. The predicted octanol–water partition coefficient (Wildman–Crippen LogP) is 3.71. The minimum absolute atomic E-state index is 0.0374. The molecule has 148 valence electrons. The highest BCUT2D eigenvalue weighted by Gasteiger charge is 2.31. The van der Waals surface area contributed by atoms with Crippen LogP contribution in [-0.4, -0.2) is 31.2 Å². The average Bonchev–Trinajstić information content (AvgIpc) is 2.53. The molecule has 1 heterocycles. The number of hydrogen-bond donors (Lipinski definition) is 2. The zero-order chi connectivity index (χ0) is 19.5. The molecule has 0 aromatic carbocycles. The van der Waals surface area contributed by atoms with Crippen molar-refractivity contribution in [1.82, 2.24) is 9.71 Å². The molecule has 0 atom stereocenters. The number of aryl methyl sites for hydroxylation is 1. The van der Waals surface area contributed by atoms with Crippen LogP contribution in [0.3, 0.4) is 0 Å². The summed E-state index contributed by atoms with van der Waals surface area (Å²) >= 11 is 0. The Bertz CT molecular complexity index is 712. The lowest BCUT2D eigenvalue weighted by Gasteiger charge is -2.29. The van der Waals surface area contributed by atoms with Crippen molar-refractivity contribution in [1.29, 1.82) is 0 Å². The van der Waals surface area contributed by atoms with Gasteiger partial charge in [0.05, 0.1) is 10.8 Å². The Balaban J connectivity index is 1.84. The number of rotatable bonds is 6. The van der Waals surface area contributed by atoms with Gasteiger partial charge in [0.25, 0.3) is 0 Å². The van der Waals surface area contributed by atoms with Gasteiger partial charge in [-0.1, -0.05) is 0 Å². The first-order valence-corrected chi connectivity index (χ1v) is 10.3. The van der Waals surface area contributed by atoms with Crippen molar-refractivity contribution in [3.8, 4) is 0 Å². The molecule has 2 rings (SSSR count). The first-order chi connectivity index (χ1) is 12.0. The van der Waals surface area contributed by atoms with E-state index < -0.39 is 27.0 Å². The number of sulfonamides is 1. The van der Waals surface area contributed by atoms with E-state index in [4.69, 9.17) is 0 Å². The Kier molecular flexibility index (Phi) is 6.55. The molecule has 0 aliphatic heterocycles. The van der Waals surface area contributed by atoms with Crippen LogP contribution in [0.1, 0.15) is 50.7 Å². The van der Waals surface area contributed by atoms with Crippen LogP contribution >= 0.6 is 0 Å². The van der Waals surface area contributed by atoms with E-state index >= 15 is 0 Å². The standard InChI is InChI=1S/C17H26F3N3O2S/c1-11(2)26(24,25)23-15-6-4-13(5-7-15)9-21-16-12(3)8-14(10-22-16)17(18,19)20/h8,10-11,13,15,23H,4-7,9H2,1-3H3,(H,21,22)/t13-,15-. The van der Waals surface area contributed by atoms with Gasteiger partial charge in [-0.15, -0.1) is 0 Å². The van der Waals surface area contributed by atoms with E-state index in [0.29, 0.717) is 23.8 Å². The van der Waals surface area contributed by atoms with E-state index in [-0.39, 0.29) is 6.04 Å². The van der Waals surface area contributed by atoms with Crippen molar-refractivity contribution >= 4 is 15.8 Å². The molecule has 5 nitrogen and oxygen atoms in total. The number of alkyl halides is 3. The highest BCUT2D eigenvalue weighted by molar-refractivity contribution is 7.90. The van der Waals surface area contributed by atoms with Gasteiger partial charge in [0.2, 0.25) is 10.0 Å². The van der Waals surface area contributed by atoms with Crippen molar-refractivity contribution in [2.24, 2.45) is 5.92 Å². The summed E-state index contributed by atoms with van der Waals surface area (Å²) in [7, 11) is -3.26. The third-order valence-electron chi connectivity index (χ3n) is 4.76. The summed E-state index contributed by atoms with van der Waals surface area (Å²) in [5.41, 5.74) is -0.295. The summed E-state index contributed by atoms with van der Waals surface area (Å²) in [5.74, 6) is 0.805. The highest BCUT2D eigenvalue weighted by atomic mass is 32.2. The molecule has 0 saturated heterocycles. The van der Waals surface area contributed by atoms with Crippen molar-refractivity contribution in [2.75, 3.05) is 11.9 Å². The maximum absolute atomic E-state index is 12.7. The number of nitrogens with one attached hydrogen (secondary N) is 2. The highest BCUT2D eigenvalue weighted by Crippen LogP contribution is 2.31. The number of aromatic nitrogens is 1. The Hall–Kier alpha value is -1.35. The molecule has 2 N–H and O–H groups in total. The molecule has 1 aliphatic carbocycles. The van der Waals surface area contributed by atoms with Crippen molar-refractivity contribution in [3.05, 3.63) is 23.4 Å². The molecular formula is C17H26F3N3O2S. The molecular weight excluding hydrogens is 367 g/mol. The number of anilines is 1. The third kappa shape index (κ3) is 5.57. The fourth-order valence-electron chi connectivity index (χ4n) is 3.01. The topological polar surface area (TPSA) is 71.1 Å². The molecule has 0 amide bonds. The molecule has 0 spiro atoms. The fourth-order valence-corrected chi connectivity index (χ4v) is 3.98. The molecule has 1 aromatic heterocycles. The quantitative estimate of drug-likeness (QED) is 0.773. The van der Waals surface area contributed by atoms with Gasteiger partial charge < -0.3 is 5.32 Å².